The van der Waals surface area contributed by atoms with Crippen molar-refractivity contribution in [1.29, 1.82) is 0 Å². The highest BCUT2D eigenvalue weighted by molar-refractivity contribution is 7.89. The average Bonchev–Trinajstić information content (AvgIpc) is 2.77. The number of hydrogen-bond acceptors (Lipinski definition) is 7. The summed E-state index contributed by atoms with van der Waals surface area (Å²) >= 11 is 0. The van der Waals surface area contributed by atoms with Gasteiger partial charge in [0.05, 0.1) is 17.7 Å². The summed E-state index contributed by atoms with van der Waals surface area (Å²) in [5.74, 6) is 0.206. The van der Waals surface area contributed by atoms with Crippen molar-refractivity contribution in [2.75, 3.05) is 51.3 Å². The number of nitrogens with zero attached hydrogens (tertiary/aromatic N) is 3. The van der Waals surface area contributed by atoms with Crippen LogP contribution < -0.4 is 9.64 Å². The number of amides is 1. The number of hydrogen-bond donors (Lipinski definition) is 0. The van der Waals surface area contributed by atoms with E-state index in [1.807, 2.05) is 4.90 Å². The van der Waals surface area contributed by atoms with Crippen LogP contribution in [0.3, 0.4) is 0 Å². The first-order valence-corrected chi connectivity index (χ1v) is 12.5. The van der Waals surface area contributed by atoms with Gasteiger partial charge in [-0.15, -0.1) is 0 Å². The zero-order valence-electron chi connectivity index (χ0n) is 19.2. The predicted octanol–water partition coefficient (Wildman–Crippen LogP) is 1.72. The number of anilines is 1. The van der Waals surface area contributed by atoms with E-state index in [2.05, 4.69) is 6.92 Å². The Bertz CT molecular complexity index is 943. The number of rotatable bonds is 6. The molecule has 2 saturated heterocycles. The minimum atomic E-state index is -3.59. The maximum absolute atomic E-state index is 13.2. The van der Waals surface area contributed by atoms with Crippen molar-refractivity contribution >= 4 is 27.6 Å². The van der Waals surface area contributed by atoms with Gasteiger partial charge < -0.3 is 19.3 Å². The van der Waals surface area contributed by atoms with Crippen molar-refractivity contribution in [3.63, 3.8) is 0 Å². The third-order valence-corrected chi connectivity index (χ3v) is 7.89. The van der Waals surface area contributed by atoms with Gasteiger partial charge in [-0.2, -0.15) is 4.31 Å². The smallest absolute Gasteiger partial charge is 0.303 e. The van der Waals surface area contributed by atoms with Crippen LogP contribution in [0.5, 0.6) is 5.75 Å². The molecule has 32 heavy (non-hydrogen) atoms. The first-order valence-electron chi connectivity index (χ1n) is 11.0. The Balaban J connectivity index is 1.76. The Kier molecular flexibility index (Phi) is 7.66. The third-order valence-electron chi connectivity index (χ3n) is 6.03. The molecule has 0 aliphatic carbocycles. The zero-order chi connectivity index (χ0) is 23.5. The fourth-order valence-corrected chi connectivity index (χ4v) is 5.93. The highest BCUT2D eigenvalue weighted by Gasteiger charge is 2.31. The Hall–Kier alpha value is -2.33. The monoisotopic (exact) mass is 467 g/mol. The van der Waals surface area contributed by atoms with Gasteiger partial charge in [-0.3, -0.25) is 9.59 Å². The second-order valence-corrected chi connectivity index (χ2v) is 10.4. The van der Waals surface area contributed by atoms with Gasteiger partial charge in [-0.05, 0) is 43.9 Å². The molecule has 2 aliphatic rings. The molecule has 0 spiro atoms. The van der Waals surface area contributed by atoms with Crippen LogP contribution in [0.25, 0.3) is 0 Å². The second-order valence-electron chi connectivity index (χ2n) is 8.51. The molecule has 2 fully saturated rings. The summed E-state index contributed by atoms with van der Waals surface area (Å²) in [7, 11) is -2.03. The van der Waals surface area contributed by atoms with Crippen molar-refractivity contribution in [1.82, 2.24) is 9.21 Å². The maximum Gasteiger partial charge on any atom is 0.303 e. The van der Waals surface area contributed by atoms with Gasteiger partial charge in [0, 0.05) is 46.2 Å². The molecule has 2 atom stereocenters. The molecule has 2 aliphatic heterocycles. The average molecular weight is 468 g/mol. The number of sulfonamides is 1. The molecule has 1 aromatic carbocycles. The maximum atomic E-state index is 13.2. The van der Waals surface area contributed by atoms with Crippen molar-refractivity contribution in [3.8, 4) is 5.75 Å². The number of carbonyl (C=O) groups excluding carboxylic acids is 2. The molecule has 0 N–H and O–H groups in total. The highest BCUT2D eigenvalue weighted by atomic mass is 32.2. The normalized spacial score (nSPS) is 21.2. The fourth-order valence-electron chi connectivity index (χ4n) is 4.32. The van der Waals surface area contributed by atoms with Crippen LogP contribution in [0.4, 0.5) is 5.69 Å². The summed E-state index contributed by atoms with van der Waals surface area (Å²) in [4.78, 5) is 27.6. The molecule has 2 heterocycles. The van der Waals surface area contributed by atoms with Crippen LogP contribution in [0.2, 0.25) is 0 Å². The minimum absolute atomic E-state index is 0.234. The molecule has 1 amide bonds. The predicted molar refractivity (Wildman–Crippen MR) is 120 cm³/mol. The molecule has 0 radical (unpaired) electrons. The highest BCUT2D eigenvalue weighted by Crippen LogP contribution is 2.33. The number of methoxy groups -OCH3 is 1. The molecule has 1 aromatic rings. The summed E-state index contributed by atoms with van der Waals surface area (Å²) in [5, 5.41) is 0. The van der Waals surface area contributed by atoms with Crippen LogP contribution in [0.15, 0.2) is 23.1 Å². The Morgan fingerprint density at radius 3 is 2.41 bits per heavy atom. The number of carbonyl (C=O) groups is 2. The van der Waals surface area contributed by atoms with Crippen molar-refractivity contribution in [3.05, 3.63) is 18.2 Å². The number of piperidine rings is 1. The van der Waals surface area contributed by atoms with Gasteiger partial charge in [0.1, 0.15) is 5.75 Å². The van der Waals surface area contributed by atoms with Gasteiger partial charge >= 0.3 is 5.97 Å². The number of piperazine rings is 1. The van der Waals surface area contributed by atoms with E-state index in [1.54, 1.807) is 41.4 Å². The molecule has 0 saturated carbocycles. The van der Waals surface area contributed by atoms with Gasteiger partial charge in [-0.1, -0.05) is 6.92 Å². The second kappa shape index (κ2) is 10.1. The summed E-state index contributed by atoms with van der Waals surface area (Å²) in [6.45, 7) is 7.89. The lowest BCUT2D eigenvalue weighted by molar-refractivity contribution is -0.157. The lowest BCUT2D eigenvalue weighted by atomic mass is 10.0. The van der Waals surface area contributed by atoms with E-state index in [1.165, 1.54) is 6.92 Å². The van der Waals surface area contributed by atoms with E-state index >= 15 is 0 Å². The topological polar surface area (TPSA) is 96.5 Å². The molecule has 10 heteroatoms. The van der Waals surface area contributed by atoms with Crippen LogP contribution in [0, 0.1) is 5.92 Å². The van der Waals surface area contributed by atoms with E-state index in [9.17, 15) is 18.0 Å². The van der Waals surface area contributed by atoms with Crippen LogP contribution >= 0.6 is 0 Å². The van der Waals surface area contributed by atoms with Crippen LogP contribution in [0.1, 0.15) is 33.6 Å². The van der Waals surface area contributed by atoms with Gasteiger partial charge in [0.15, 0.2) is 6.10 Å². The molecule has 0 aromatic heterocycles. The van der Waals surface area contributed by atoms with E-state index in [0.717, 1.165) is 12.8 Å². The number of ether oxygens (including phenoxy) is 2. The first kappa shape index (κ1) is 24.3. The molecule has 0 bridgehead atoms. The van der Waals surface area contributed by atoms with Gasteiger partial charge in [0.25, 0.3) is 5.91 Å². The van der Waals surface area contributed by atoms with Crippen LogP contribution in [-0.2, 0) is 24.3 Å². The number of benzene rings is 1. The lowest BCUT2D eigenvalue weighted by Gasteiger charge is -2.37. The molecule has 9 nitrogen and oxygen atoms in total. The van der Waals surface area contributed by atoms with Gasteiger partial charge in [0.2, 0.25) is 10.0 Å². The largest absolute Gasteiger partial charge is 0.495 e. The summed E-state index contributed by atoms with van der Waals surface area (Å²) < 4.78 is 38.6. The fraction of sp³-hybridized carbons (Fsp3) is 0.636. The molecule has 178 valence electrons. The zero-order valence-corrected chi connectivity index (χ0v) is 20.1. The Labute approximate surface area is 190 Å². The van der Waals surface area contributed by atoms with Crippen molar-refractivity contribution < 1.29 is 27.5 Å². The molecular weight excluding hydrogens is 434 g/mol. The SMILES string of the molecule is COc1ccc(S(=O)(=O)N2CCCC(C)C2)cc1N1CCN(C(=O)[C@H](C)OC(C)=O)CC1. The lowest BCUT2D eigenvalue weighted by Crippen LogP contribution is -2.51. The van der Waals surface area contributed by atoms with E-state index in [0.29, 0.717) is 56.6 Å². The molecular formula is C22H33N3O6S. The standard InChI is InChI=1S/C22H33N3O6S/c1-16-6-5-9-25(15-16)32(28,29)19-7-8-21(30-4)20(14-19)23-10-12-24(13-11-23)22(27)17(2)31-18(3)26/h7-8,14,16-17H,5-6,9-13,15H2,1-4H3/t16?,17-/m0/s1. The van der Waals surface area contributed by atoms with Crippen molar-refractivity contribution in [2.24, 2.45) is 5.92 Å². The summed E-state index contributed by atoms with van der Waals surface area (Å²) in [6, 6.07) is 4.96. The quantitative estimate of drug-likeness (QED) is 0.588. The van der Waals surface area contributed by atoms with E-state index in [4.69, 9.17) is 9.47 Å². The van der Waals surface area contributed by atoms with Crippen LogP contribution in [-0.4, -0.2) is 82.0 Å². The van der Waals surface area contributed by atoms with E-state index < -0.39 is 22.1 Å². The molecule has 3 rings (SSSR count). The Morgan fingerprint density at radius 2 is 1.81 bits per heavy atom. The third kappa shape index (κ3) is 5.35. The first-order chi connectivity index (χ1) is 15.1. The van der Waals surface area contributed by atoms with Crippen molar-refractivity contribution in [2.45, 2.75) is 44.6 Å². The van der Waals surface area contributed by atoms with E-state index in [-0.39, 0.29) is 10.8 Å². The molecule has 1 unspecified atom stereocenters. The van der Waals surface area contributed by atoms with Gasteiger partial charge in [-0.25, -0.2) is 8.42 Å². The number of esters is 1. The summed E-state index contributed by atoms with van der Waals surface area (Å²) in [5.41, 5.74) is 0.693. The minimum Gasteiger partial charge on any atom is -0.495 e. The Morgan fingerprint density at radius 1 is 1.12 bits per heavy atom. The summed E-state index contributed by atoms with van der Waals surface area (Å²) in [6.07, 6.45) is 1.08.